The van der Waals surface area contributed by atoms with E-state index in [2.05, 4.69) is 10.3 Å². The largest absolute Gasteiger partial charge is 0.451 e. The van der Waals surface area contributed by atoms with Crippen LogP contribution in [0.25, 0.3) is 10.8 Å². The zero-order valence-corrected chi connectivity index (χ0v) is 12.8. The van der Waals surface area contributed by atoms with E-state index >= 15 is 0 Å². The van der Waals surface area contributed by atoms with Crippen molar-refractivity contribution in [3.8, 4) is 0 Å². The smallest absolute Gasteiger partial charge is 0.358 e. The molecule has 0 saturated heterocycles. The fraction of sp³-hybridized carbons (Fsp3) is 0.0556. The quantitative estimate of drug-likeness (QED) is 0.739. The average Bonchev–Trinajstić information content (AvgIpc) is 2.62. The highest BCUT2D eigenvalue weighted by Gasteiger charge is 2.15. The van der Waals surface area contributed by atoms with Crippen LogP contribution in [0.15, 0.2) is 54.7 Å². The Morgan fingerprint density at radius 3 is 2.72 bits per heavy atom. The molecule has 0 saturated carbocycles. The third-order valence-electron chi connectivity index (χ3n) is 3.40. The Morgan fingerprint density at radius 2 is 1.88 bits per heavy atom. The van der Waals surface area contributed by atoms with Gasteiger partial charge in [0.1, 0.15) is 11.6 Å². The van der Waals surface area contributed by atoms with Gasteiger partial charge in [0.15, 0.2) is 12.3 Å². The van der Waals surface area contributed by atoms with E-state index in [-0.39, 0.29) is 11.4 Å². The molecule has 1 N–H and O–H groups in total. The number of carbonyl (C=O) groups excluding carboxylic acids is 2. The SMILES string of the molecule is O=C(COC(=O)c1nccc2ccccc12)Nc1cc(F)ccc1F. The summed E-state index contributed by atoms with van der Waals surface area (Å²) in [5.74, 6) is -3.07. The number of hydrogen-bond donors (Lipinski definition) is 1. The lowest BCUT2D eigenvalue weighted by Crippen LogP contribution is -2.22. The minimum Gasteiger partial charge on any atom is -0.451 e. The predicted molar refractivity (Wildman–Crippen MR) is 87.0 cm³/mol. The van der Waals surface area contributed by atoms with Gasteiger partial charge in [-0.15, -0.1) is 0 Å². The van der Waals surface area contributed by atoms with Crippen molar-refractivity contribution in [1.82, 2.24) is 4.98 Å². The van der Waals surface area contributed by atoms with Gasteiger partial charge in [0.25, 0.3) is 5.91 Å². The number of nitrogens with zero attached hydrogens (tertiary/aromatic N) is 1. The second-order valence-corrected chi connectivity index (χ2v) is 5.13. The number of nitrogens with one attached hydrogen (secondary N) is 1. The molecule has 2 aromatic carbocycles. The number of hydrogen-bond acceptors (Lipinski definition) is 4. The highest BCUT2D eigenvalue weighted by atomic mass is 19.1. The van der Waals surface area contributed by atoms with Gasteiger partial charge in [-0.25, -0.2) is 18.6 Å². The molecule has 0 aliphatic heterocycles. The van der Waals surface area contributed by atoms with Gasteiger partial charge in [-0.05, 0) is 23.6 Å². The summed E-state index contributed by atoms with van der Waals surface area (Å²) in [5, 5.41) is 3.53. The summed E-state index contributed by atoms with van der Waals surface area (Å²) < 4.78 is 31.4. The number of ether oxygens (including phenoxy) is 1. The first-order chi connectivity index (χ1) is 12.0. The van der Waals surface area contributed by atoms with Gasteiger partial charge in [-0.2, -0.15) is 0 Å². The molecule has 0 radical (unpaired) electrons. The zero-order chi connectivity index (χ0) is 17.8. The Hall–Kier alpha value is -3.35. The number of halogens is 2. The predicted octanol–water partition coefficient (Wildman–Crippen LogP) is 3.31. The van der Waals surface area contributed by atoms with Gasteiger partial charge in [-0.3, -0.25) is 4.79 Å². The third-order valence-corrected chi connectivity index (χ3v) is 3.40. The van der Waals surface area contributed by atoms with Crippen LogP contribution in [0.2, 0.25) is 0 Å². The fourth-order valence-corrected chi connectivity index (χ4v) is 2.26. The van der Waals surface area contributed by atoms with Crippen LogP contribution >= 0.6 is 0 Å². The van der Waals surface area contributed by atoms with Crippen LogP contribution in [0, 0.1) is 11.6 Å². The summed E-state index contributed by atoms with van der Waals surface area (Å²) >= 11 is 0. The van der Waals surface area contributed by atoms with Crippen LogP contribution < -0.4 is 5.32 Å². The fourth-order valence-electron chi connectivity index (χ4n) is 2.26. The first kappa shape index (κ1) is 16.5. The first-order valence-electron chi connectivity index (χ1n) is 7.30. The van der Waals surface area contributed by atoms with Crippen LogP contribution in [0.3, 0.4) is 0 Å². The van der Waals surface area contributed by atoms with Crippen molar-refractivity contribution >= 4 is 28.3 Å². The Balaban J connectivity index is 1.67. The highest BCUT2D eigenvalue weighted by Crippen LogP contribution is 2.17. The Morgan fingerprint density at radius 1 is 1.08 bits per heavy atom. The van der Waals surface area contributed by atoms with E-state index in [0.717, 1.165) is 23.6 Å². The minimum absolute atomic E-state index is 0.0721. The molecule has 1 heterocycles. The van der Waals surface area contributed by atoms with Crippen molar-refractivity contribution in [1.29, 1.82) is 0 Å². The van der Waals surface area contributed by atoms with Gasteiger partial charge in [0, 0.05) is 17.6 Å². The lowest BCUT2D eigenvalue weighted by atomic mass is 10.1. The summed E-state index contributed by atoms with van der Waals surface area (Å²) in [4.78, 5) is 27.9. The maximum Gasteiger partial charge on any atom is 0.358 e. The number of anilines is 1. The molecule has 3 aromatic rings. The standard InChI is InChI=1S/C18H12F2N2O3/c19-12-5-6-14(20)15(9-12)22-16(23)10-25-18(24)17-13-4-2-1-3-11(13)7-8-21-17/h1-9H,10H2,(H,22,23). The molecule has 0 aliphatic carbocycles. The molecule has 1 amide bonds. The van der Waals surface area contributed by atoms with E-state index in [1.165, 1.54) is 6.20 Å². The number of pyridine rings is 1. The zero-order valence-electron chi connectivity index (χ0n) is 12.8. The monoisotopic (exact) mass is 342 g/mol. The van der Waals surface area contributed by atoms with Crippen LogP contribution in [0.5, 0.6) is 0 Å². The summed E-state index contributed by atoms with van der Waals surface area (Å²) in [7, 11) is 0. The van der Waals surface area contributed by atoms with Crippen LogP contribution in [-0.2, 0) is 9.53 Å². The second kappa shape index (κ2) is 7.04. The Bertz CT molecular complexity index is 955. The van der Waals surface area contributed by atoms with E-state index < -0.39 is 30.1 Å². The lowest BCUT2D eigenvalue weighted by molar-refractivity contribution is -0.119. The van der Waals surface area contributed by atoms with E-state index in [4.69, 9.17) is 4.74 Å². The normalized spacial score (nSPS) is 10.5. The summed E-state index contributed by atoms with van der Waals surface area (Å²) in [6, 6.07) is 11.5. The number of amides is 1. The lowest BCUT2D eigenvalue weighted by Gasteiger charge is -2.08. The molecule has 25 heavy (non-hydrogen) atoms. The Labute approximate surface area is 141 Å². The second-order valence-electron chi connectivity index (χ2n) is 5.13. The number of esters is 1. The van der Waals surface area contributed by atoms with Crippen molar-refractivity contribution in [3.63, 3.8) is 0 Å². The highest BCUT2D eigenvalue weighted by molar-refractivity contribution is 6.03. The molecule has 5 nitrogen and oxygen atoms in total. The van der Waals surface area contributed by atoms with Gasteiger partial charge in [-0.1, -0.05) is 24.3 Å². The summed E-state index contributed by atoms with van der Waals surface area (Å²) in [6.07, 6.45) is 1.46. The Kier molecular flexibility index (Phi) is 4.65. The minimum atomic E-state index is -0.795. The third kappa shape index (κ3) is 3.77. The maximum absolute atomic E-state index is 13.5. The topological polar surface area (TPSA) is 68.3 Å². The molecule has 0 atom stereocenters. The summed E-state index contributed by atoms with van der Waals surface area (Å²) in [6.45, 7) is -0.653. The van der Waals surface area contributed by atoms with Crippen molar-refractivity contribution in [3.05, 3.63) is 72.1 Å². The molecule has 3 rings (SSSR count). The van der Waals surface area contributed by atoms with Gasteiger partial charge >= 0.3 is 5.97 Å². The summed E-state index contributed by atoms with van der Waals surface area (Å²) in [5.41, 5.74) is -0.257. The molecule has 0 unspecified atom stereocenters. The molecule has 126 valence electrons. The molecular formula is C18H12F2N2O3. The molecule has 1 aromatic heterocycles. The first-order valence-corrected chi connectivity index (χ1v) is 7.30. The van der Waals surface area contributed by atoms with Gasteiger partial charge in [0.2, 0.25) is 0 Å². The van der Waals surface area contributed by atoms with Crippen molar-refractivity contribution in [2.24, 2.45) is 0 Å². The molecule has 7 heteroatoms. The molecular weight excluding hydrogens is 330 g/mol. The molecule has 0 aliphatic rings. The number of fused-ring (bicyclic) bond motifs is 1. The van der Waals surface area contributed by atoms with Gasteiger partial charge in [0.05, 0.1) is 5.69 Å². The van der Waals surface area contributed by atoms with Gasteiger partial charge < -0.3 is 10.1 Å². The number of carbonyl (C=O) groups is 2. The van der Waals surface area contributed by atoms with E-state index in [1.807, 2.05) is 12.1 Å². The van der Waals surface area contributed by atoms with Crippen molar-refractivity contribution in [2.45, 2.75) is 0 Å². The van der Waals surface area contributed by atoms with E-state index in [0.29, 0.717) is 5.39 Å². The van der Waals surface area contributed by atoms with Crippen LogP contribution in [0.1, 0.15) is 10.5 Å². The van der Waals surface area contributed by atoms with Crippen molar-refractivity contribution < 1.29 is 23.1 Å². The maximum atomic E-state index is 13.5. The number of benzene rings is 2. The number of rotatable bonds is 4. The van der Waals surface area contributed by atoms with Crippen molar-refractivity contribution in [2.75, 3.05) is 11.9 Å². The average molecular weight is 342 g/mol. The molecule has 0 bridgehead atoms. The van der Waals surface area contributed by atoms with E-state index in [1.54, 1.807) is 18.2 Å². The molecule has 0 spiro atoms. The molecule has 0 fully saturated rings. The van der Waals surface area contributed by atoms with E-state index in [9.17, 15) is 18.4 Å². The van der Waals surface area contributed by atoms with Crippen LogP contribution in [-0.4, -0.2) is 23.5 Å². The van der Waals surface area contributed by atoms with Crippen LogP contribution in [0.4, 0.5) is 14.5 Å². The number of aromatic nitrogens is 1.